The van der Waals surface area contributed by atoms with E-state index in [4.69, 9.17) is 9.47 Å². The summed E-state index contributed by atoms with van der Waals surface area (Å²) < 4.78 is 11.5. The summed E-state index contributed by atoms with van der Waals surface area (Å²) in [6.07, 6.45) is 3.33. The predicted molar refractivity (Wildman–Crippen MR) is 82.9 cm³/mol. The number of amides is 1. The van der Waals surface area contributed by atoms with Gasteiger partial charge in [0.2, 0.25) is 0 Å². The number of aryl methyl sites for hydroxylation is 1. The number of morpholine rings is 1. The van der Waals surface area contributed by atoms with Gasteiger partial charge in [-0.2, -0.15) is 0 Å². The van der Waals surface area contributed by atoms with E-state index in [0.717, 1.165) is 36.3 Å². The molecular weight excluding hydrogens is 286 g/mol. The summed E-state index contributed by atoms with van der Waals surface area (Å²) >= 11 is 1.54. The molecule has 1 saturated heterocycles. The zero-order chi connectivity index (χ0) is 14.9. The van der Waals surface area contributed by atoms with Gasteiger partial charge in [-0.1, -0.05) is 6.42 Å². The minimum atomic E-state index is -0.185. The number of rotatable bonds is 3. The maximum Gasteiger partial charge on any atom is 0.264 e. The van der Waals surface area contributed by atoms with Crippen molar-refractivity contribution in [2.45, 2.75) is 31.8 Å². The van der Waals surface area contributed by atoms with Crippen molar-refractivity contribution < 1.29 is 14.3 Å². The van der Waals surface area contributed by atoms with Crippen molar-refractivity contribution in [3.8, 4) is 0 Å². The van der Waals surface area contributed by atoms with E-state index in [1.807, 2.05) is 23.3 Å². The third-order valence-electron chi connectivity index (χ3n) is 4.82. The van der Waals surface area contributed by atoms with Gasteiger partial charge in [-0.3, -0.25) is 4.79 Å². The zero-order valence-electron chi connectivity index (χ0n) is 12.8. The molecule has 0 aromatic carbocycles. The number of carbonyl (C=O) groups excluding carboxylic acids is 1. The molecule has 0 bridgehead atoms. The van der Waals surface area contributed by atoms with Crippen LogP contribution in [0, 0.1) is 12.8 Å². The van der Waals surface area contributed by atoms with E-state index in [-0.39, 0.29) is 11.5 Å². The van der Waals surface area contributed by atoms with Crippen molar-refractivity contribution in [1.82, 2.24) is 4.90 Å². The highest BCUT2D eigenvalue weighted by molar-refractivity contribution is 7.12. The molecular formula is C16H23NO3S. The van der Waals surface area contributed by atoms with Gasteiger partial charge in [0.05, 0.1) is 30.2 Å². The molecule has 4 nitrogen and oxygen atoms in total. The molecule has 1 saturated carbocycles. The molecule has 1 aliphatic carbocycles. The van der Waals surface area contributed by atoms with Crippen LogP contribution in [0.2, 0.25) is 0 Å². The van der Waals surface area contributed by atoms with Crippen LogP contribution < -0.4 is 0 Å². The molecule has 1 aromatic heterocycles. The number of nitrogens with zero attached hydrogens (tertiary/aromatic N) is 1. The number of hydrogen-bond acceptors (Lipinski definition) is 4. The maximum atomic E-state index is 12.7. The molecule has 2 fully saturated rings. The Morgan fingerprint density at radius 2 is 2.48 bits per heavy atom. The summed E-state index contributed by atoms with van der Waals surface area (Å²) in [7, 11) is 1.74. The Hall–Kier alpha value is -0.910. The average Bonchev–Trinajstić information content (AvgIpc) is 3.06. The number of hydrogen-bond donors (Lipinski definition) is 0. The number of methoxy groups -OCH3 is 1. The molecule has 21 heavy (non-hydrogen) atoms. The minimum absolute atomic E-state index is 0.160. The van der Waals surface area contributed by atoms with Crippen LogP contribution in [0.15, 0.2) is 11.4 Å². The molecule has 0 radical (unpaired) electrons. The second kappa shape index (κ2) is 6.07. The molecule has 0 unspecified atom stereocenters. The average molecular weight is 309 g/mol. The highest BCUT2D eigenvalue weighted by atomic mass is 32.1. The van der Waals surface area contributed by atoms with Crippen molar-refractivity contribution in [3.05, 3.63) is 21.9 Å². The predicted octanol–water partition coefficient (Wildman–Crippen LogP) is 2.71. The fraction of sp³-hybridized carbons (Fsp3) is 0.688. The van der Waals surface area contributed by atoms with E-state index in [9.17, 15) is 4.79 Å². The van der Waals surface area contributed by atoms with Gasteiger partial charge >= 0.3 is 0 Å². The second-order valence-electron chi connectivity index (χ2n) is 6.12. The summed E-state index contributed by atoms with van der Waals surface area (Å²) in [4.78, 5) is 15.6. The van der Waals surface area contributed by atoms with Gasteiger partial charge in [0, 0.05) is 19.6 Å². The first-order chi connectivity index (χ1) is 10.2. The molecule has 116 valence electrons. The van der Waals surface area contributed by atoms with Gasteiger partial charge in [0.15, 0.2) is 0 Å². The van der Waals surface area contributed by atoms with Gasteiger partial charge in [0.25, 0.3) is 5.91 Å². The Morgan fingerprint density at radius 1 is 1.62 bits per heavy atom. The summed E-state index contributed by atoms with van der Waals surface area (Å²) in [5.74, 6) is 0.566. The molecule has 2 aliphatic rings. The first kappa shape index (κ1) is 15.0. The molecule has 1 aromatic rings. The van der Waals surface area contributed by atoms with Crippen molar-refractivity contribution >= 4 is 17.2 Å². The van der Waals surface area contributed by atoms with Crippen LogP contribution in [0.3, 0.4) is 0 Å². The lowest BCUT2D eigenvalue weighted by molar-refractivity contribution is -0.130. The quantitative estimate of drug-likeness (QED) is 0.862. The van der Waals surface area contributed by atoms with E-state index in [0.29, 0.717) is 25.6 Å². The van der Waals surface area contributed by atoms with E-state index in [1.54, 1.807) is 7.11 Å². The minimum Gasteiger partial charge on any atom is -0.384 e. The van der Waals surface area contributed by atoms with Gasteiger partial charge < -0.3 is 14.4 Å². The lowest BCUT2D eigenvalue weighted by atomic mass is 9.89. The first-order valence-corrected chi connectivity index (χ1v) is 8.50. The summed E-state index contributed by atoms with van der Waals surface area (Å²) in [6, 6.07) is 2.01. The summed E-state index contributed by atoms with van der Waals surface area (Å²) in [5, 5.41) is 1.99. The lowest BCUT2D eigenvalue weighted by Gasteiger charge is -2.44. The Morgan fingerprint density at radius 3 is 3.19 bits per heavy atom. The smallest absolute Gasteiger partial charge is 0.264 e. The van der Waals surface area contributed by atoms with Crippen molar-refractivity contribution in [1.29, 1.82) is 0 Å². The van der Waals surface area contributed by atoms with Crippen molar-refractivity contribution in [2.24, 2.45) is 5.92 Å². The first-order valence-electron chi connectivity index (χ1n) is 7.62. The standard InChI is InChI=1S/C16H23NO3S/c1-12-5-9-21-14(12)15(18)17-7-8-20-16(11-17)6-3-4-13(16)10-19-2/h5,9,13H,3-4,6-8,10-11H2,1-2H3/t13-,16+/m0/s1. The fourth-order valence-corrected chi connectivity index (χ4v) is 4.56. The van der Waals surface area contributed by atoms with E-state index < -0.39 is 0 Å². The van der Waals surface area contributed by atoms with Crippen molar-refractivity contribution in [3.63, 3.8) is 0 Å². The van der Waals surface area contributed by atoms with Gasteiger partial charge in [-0.05, 0) is 36.8 Å². The molecule has 3 rings (SSSR count). The Kier molecular flexibility index (Phi) is 4.33. The summed E-state index contributed by atoms with van der Waals surface area (Å²) in [6.45, 7) is 4.76. The van der Waals surface area contributed by atoms with Crippen LogP contribution in [-0.2, 0) is 9.47 Å². The monoisotopic (exact) mass is 309 g/mol. The maximum absolute atomic E-state index is 12.7. The number of ether oxygens (including phenoxy) is 2. The Bertz CT molecular complexity index is 515. The molecule has 2 atom stereocenters. The summed E-state index contributed by atoms with van der Waals surface area (Å²) in [5.41, 5.74) is 0.889. The highest BCUT2D eigenvalue weighted by Crippen LogP contribution is 2.41. The lowest BCUT2D eigenvalue weighted by Crippen LogP contribution is -2.56. The van der Waals surface area contributed by atoms with E-state index in [2.05, 4.69) is 0 Å². The number of carbonyl (C=O) groups is 1. The van der Waals surface area contributed by atoms with Crippen LogP contribution >= 0.6 is 11.3 Å². The van der Waals surface area contributed by atoms with Crippen LogP contribution in [0.4, 0.5) is 0 Å². The van der Waals surface area contributed by atoms with Crippen LogP contribution in [0.1, 0.15) is 34.5 Å². The molecule has 0 N–H and O–H groups in total. The molecule has 1 spiro atoms. The van der Waals surface area contributed by atoms with Crippen LogP contribution in [-0.4, -0.2) is 49.8 Å². The fourth-order valence-electron chi connectivity index (χ4n) is 3.67. The van der Waals surface area contributed by atoms with Gasteiger partial charge in [-0.25, -0.2) is 0 Å². The molecule has 1 amide bonds. The van der Waals surface area contributed by atoms with E-state index in [1.165, 1.54) is 11.3 Å². The van der Waals surface area contributed by atoms with Gasteiger partial charge in [-0.15, -0.1) is 11.3 Å². The largest absolute Gasteiger partial charge is 0.384 e. The zero-order valence-corrected chi connectivity index (χ0v) is 13.6. The third kappa shape index (κ3) is 2.74. The number of thiophene rings is 1. The molecule has 5 heteroatoms. The Labute approximate surface area is 130 Å². The SMILES string of the molecule is COC[C@@H]1CCC[C@@]12CN(C(=O)c1sccc1C)CCO2. The van der Waals surface area contributed by atoms with Crippen LogP contribution in [0.25, 0.3) is 0 Å². The van der Waals surface area contributed by atoms with Crippen LogP contribution in [0.5, 0.6) is 0 Å². The highest BCUT2D eigenvalue weighted by Gasteiger charge is 2.47. The second-order valence-corrected chi connectivity index (χ2v) is 7.03. The van der Waals surface area contributed by atoms with Crippen molar-refractivity contribution in [2.75, 3.05) is 33.4 Å². The molecule has 2 heterocycles. The topological polar surface area (TPSA) is 38.8 Å². The van der Waals surface area contributed by atoms with Gasteiger partial charge in [0.1, 0.15) is 0 Å². The normalized spacial score (nSPS) is 29.2. The molecule has 1 aliphatic heterocycles. The Balaban J connectivity index is 1.77. The van der Waals surface area contributed by atoms with E-state index >= 15 is 0 Å². The third-order valence-corrected chi connectivity index (χ3v) is 5.82.